The van der Waals surface area contributed by atoms with Crippen molar-refractivity contribution in [2.24, 2.45) is 0 Å². The van der Waals surface area contributed by atoms with Gasteiger partial charge in [-0.2, -0.15) is 0 Å². The van der Waals surface area contributed by atoms with Gasteiger partial charge in [0.1, 0.15) is 0 Å². The molecule has 0 aromatic heterocycles. The van der Waals surface area contributed by atoms with Crippen LogP contribution in [0.5, 0.6) is 0 Å². The van der Waals surface area contributed by atoms with E-state index in [1.54, 1.807) is 25.2 Å². The summed E-state index contributed by atoms with van der Waals surface area (Å²) in [5, 5.41) is 0. The van der Waals surface area contributed by atoms with Crippen molar-refractivity contribution in [1.29, 1.82) is 0 Å². The van der Waals surface area contributed by atoms with E-state index in [-0.39, 0.29) is 6.04 Å². The van der Waals surface area contributed by atoms with Gasteiger partial charge in [-0.15, -0.1) is 0 Å². The summed E-state index contributed by atoms with van der Waals surface area (Å²) in [4.78, 5) is 24.6. The molecule has 0 aliphatic rings. The number of hydrogen-bond acceptors (Lipinski definition) is 3. The Morgan fingerprint density at radius 3 is 2.47 bits per heavy atom. The summed E-state index contributed by atoms with van der Waals surface area (Å²) in [5.41, 5.74) is 1.33. The van der Waals surface area contributed by atoms with E-state index in [1.165, 1.54) is 4.90 Å². The Kier molecular flexibility index (Phi) is 4.26. The fraction of sp³-hybridized carbons (Fsp3) is 0.385. The van der Waals surface area contributed by atoms with Crippen molar-refractivity contribution in [1.82, 2.24) is 4.90 Å². The Morgan fingerprint density at radius 1 is 1.29 bits per heavy atom. The molecular formula is C13H17NO3. The topological polar surface area (TPSA) is 46.6 Å². The lowest BCUT2D eigenvalue weighted by molar-refractivity contribution is 0.0541. The van der Waals surface area contributed by atoms with Gasteiger partial charge in [-0.05, 0) is 32.9 Å². The molecule has 0 heterocycles. The molecular weight excluding hydrogens is 218 g/mol. The SMILES string of the molecule is Cc1cccc(C(=O)OC(=O)N(C)C(C)C)c1. The Morgan fingerprint density at radius 2 is 1.94 bits per heavy atom. The average molecular weight is 235 g/mol. The Bertz CT molecular complexity index is 426. The fourth-order valence-electron chi connectivity index (χ4n) is 1.19. The number of hydrogen-bond donors (Lipinski definition) is 0. The van der Waals surface area contributed by atoms with Gasteiger partial charge in [-0.1, -0.05) is 17.7 Å². The molecule has 0 bridgehead atoms. The van der Waals surface area contributed by atoms with Gasteiger partial charge in [-0.25, -0.2) is 9.59 Å². The molecule has 1 rings (SSSR count). The number of esters is 1. The molecule has 4 nitrogen and oxygen atoms in total. The van der Waals surface area contributed by atoms with Crippen LogP contribution in [-0.4, -0.2) is 30.1 Å². The van der Waals surface area contributed by atoms with E-state index < -0.39 is 12.1 Å². The molecule has 0 saturated heterocycles. The summed E-state index contributed by atoms with van der Waals surface area (Å²) < 4.78 is 4.76. The second kappa shape index (κ2) is 5.48. The van der Waals surface area contributed by atoms with Crippen molar-refractivity contribution >= 4 is 12.1 Å². The molecule has 92 valence electrons. The van der Waals surface area contributed by atoms with Crippen molar-refractivity contribution in [3.05, 3.63) is 35.4 Å². The lowest BCUT2D eigenvalue weighted by Gasteiger charge is -2.19. The number of amides is 1. The number of carbonyl (C=O) groups is 2. The fourth-order valence-corrected chi connectivity index (χ4v) is 1.19. The molecule has 0 unspecified atom stereocenters. The van der Waals surface area contributed by atoms with Crippen LogP contribution in [0, 0.1) is 6.92 Å². The van der Waals surface area contributed by atoms with Crippen LogP contribution < -0.4 is 0 Å². The predicted octanol–water partition coefficient (Wildman–Crippen LogP) is 2.61. The molecule has 0 N–H and O–H groups in total. The van der Waals surface area contributed by atoms with E-state index in [0.29, 0.717) is 5.56 Å². The molecule has 0 aliphatic heterocycles. The van der Waals surface area contributed by atoms with Crippen LogP contribution in [0.1, 0.15) is 29.8 Å². The van der Waals surface area contributed by atoms with Crippen molar-refractivity contribution in [3.63, 3.8) is 0 Å². The van der Waals surface area contributed by atoms with Crippen molar-refractivity contribution in [2.45, 2.75) is 26.8 Å². The number of benzene rings is 1. The van der Waals surface area contributed by atoms with Crippen LogP contribution in [-0.2, 0) is 4.74 Å². The molecule has 17 heavy (non-hydrogen) atoms. The first kappa shape index (κ1) is 13.2. The summed E-state index contributed by atoms with van der Waals surface area (Å²) >= 11 is 0. The molecule has 1 aromatic rings. The molecule has 1 aromatic carbocycles. The number of rotatable bonds is 2. The third kappa shape index (κ3) is 3.59. The number of nitrogens with zero attached hydrogens (tertiary/aromatic N) is 1. The van der Waals surface area contributed by atoms with Crippen molar-refractivity contribution in [3.8, 4) is 0 Å². The molecule has 0 spiro atoms. The first-order valence-electron chi connectivity index (χ1n) is 5.47. The summed E-state index contributed by atoms with van der Waals surface area (Å²) in [6.45, 7) is 5.57. The highest BCUT2D eigenvalue weighted by Crippen LogP contribution is 2.07. The zero-order chi connectivity index (χ0) is 13.0. The monoisotopic (exact) mass is 235 g/mol. The zero-order valence-corrected chi connectivity index (χ0v) is 10.6. The summed E-state index contributed by atoms with van der Waals surface area (Å²) in [6, 6.07) is 6.93. The minimum atomic E-state index is -0.633. The first-order chi connectivity index (χ1) is 7.91. The van der Waals surface area contributed by atoms with Gasteiger partial charge in [-0.3, -0.25) is 0 Å². The minimum absolute atomic E-state index is 0.00666. The highest BCUT2D eigenvalue weighted by Gasteiger charge is 2.18. The second-order valence-corrected chi connectivity index (χ2v) is 4.23. The average Bonchev–Trinajstić information content (AvgIpc) is 2.27. The minimum Gasteiger partial charge on any atom is -0.372 e. The number of aryl methyl sites for hydroxylation is 1. The molecule has 0 saturated carbocycles. The molecule has 4 heteroatoms. The highest BCUT2D eigenvalue weighted by molar-refractivity contribution is 5.96. The number of ether oxygens (including phenoxy) is 1. The molecule has 1 amide bonds. The van der Waals surface area contributed by atoms with Gasteiger partial charge < -0.3 is 9.64 Å². The molecule has 0 atom stereocenters. The van der Waals surface area contributed by atoms with Gasteiger partial charge in [0, 0.05) is 13.1 Å². The van der Waals surface area contributed by atoms with Gasteiger partial charge in [0.05, 0.1) is 5.56 Å². The largest absolute Gasteiger partial charge is 0.417 e. The second-order valence-electron chi connectivity index (χ2n) is 4.23. The predicted molar refractivity (Wildman–Crippen MR) is 64.9 cm³/mol. The van der Waals surface area contributed by atoms with Crippen molar-refractivity contribution in [2.75, 3.05) is 7.05 Å². The molecule has 0 fully saturated rings. The van der Waals surface area contributed by atoms with Crippen LogP contribution in [0.4, 0.5) is 4.79 Å². The van der Waals surface area contributed by atoms with E-state index in [0.717, 1.165) is 5.56 Å². The molecule has 0 radical (unpaired) electrons. The van der Waals surface area contributed by atoms with E-state index in [4.69, 9.17) is 4.74 Å². The van der Waals surface area contributed by atoms with Crippen molar-refractivity contribution < 1.29 is 14.3 Å². The van der Waals surface area contributed by atoms with Crippen LogP contribution in [0.25, 0.3) is 0 Å². The maximum Gasteiger partial charge on any atom is 0.417 e. The standard InChI is InChI=1S/C13H17NO3/c1-9(2)14(4)13(16)17-12(15)11-7-5-6-10(3)8-11/h5-9H,1-4H3. The smallest absolute Gasteiger partial charge is 0.372 e. The van der Waals surface area contributed by atoms with Crippen LogP contribution in [0.2, 0.25) is 0 Å². The quantitative estimate of drug-likeness (QED) is 0.584. The highest BCUT2D eigenvalue weighted by atomic mass is 16.6. The van der Waals surface area contributed by atoms with Gasteiger partial charge >= 0.3 is 12.1 Å². The number of carbonyl (C=O) groups excluding carboxylic acids is 2. The summed E-state index contributed by atoms with van der Waals surface area (Å²) in [6.07, 6.45) is -0.633. The third-order valence-corrected chi connectivity index (χ3v) is 2.50. The van der Waals surface area contributed by atoms with Gasteiger partial charge in [0.15, 0.2) is 0 Å². The van der Waals surface area contributed by atoms with Gasteiger partial charge in [0.25, 0.3) is 0 Å². The Hall–Kier alpha value is -1.84. The van der Waals surface area contributed by atoms with E-state index in [1.807, 2.05) is 26.8 Å². The lowest BCUT2D eigenvalue weighted by Crippen LogP contribution is -2.34. The van der Waals surface area contributed by atoms with Crippen LogP contribution >= 0.6 is 0 Å². The summed E-state index contributed by atoms with van der Waals surface area (Å²) in [7, 11) is 1.59. The summed E-state index contributed by atoms with van der Waals surface area (Å²) in [5.74, 6) is -0.619. The van der Waals surface area contributed by atoms with Crippen LogP contribution in [0.3, 0.4) is 0 Å². The maximum absolute atomic E-state index is 11.7. The van der Waals surface area contributed by atoms with E-state index >= 15 is 0 Å². The lowest BCUT2D eigenvalue weighted by atomic mass is 10.1. The third-order valence-electron chi connectivity index (χ3n) is 2.50. The first-order valence-corrected chi connectivity index (χ1v) is 5.47. The van der Waals surface area contributed by atoms with Gasteiger partial charge in [0.2, 0.25) is 0 Å². The van der Waals surface area contributed by atoms with Crippen LogP contribution in [0.15, 0.2) is 24.3 Å². The normalized spacial score (nSPS) is 10.2. The van der Waals surface area contributed by atoms with E-state index in [2.05, 4.69) is 0 Å². The zero-order valence-electron chi connectivity index (χ0n) is 10.6. The van der Waals surface area contributed by atoms with E-state index in [9.17, 15) is 9.59 Å². The molecule has 0 aliphatic carbocycles. The maximum atomic E-state index is 11.7. The Balaban J connectivity index is 2.70. The Labute approximate surface area is 101 Å².